The number of ether oxygens (including phenoxy) is 1. The quantitative estimate of drug-likeness (QED) is 0.846. The Bertz CT molecular complexity index is 391. The third-order valence-corrected chi connectivity index (χ3v) is 4.79. The van der Waals surface area contributed by atoms with Gasteiger partial charge in [0.05, 0.1) is 12.1 Å². The van der Waals surface area contributed by atoms with E-state index in [-0.39, 0.29) is 29.3 Å². The summed E-state index contributed by atoms with van der Waals surface area (Å²) in [4.78, 5) is 27.1. The maximum absolute atomic E-state index is 12.9. The molecule has 0 radical (unpaired) electrons. The van der Waals surface area contributed by atoms with E-state index in [1.807, 2.05) is 32.6 Å². The zero-order valence-electron chi connectivity index (χ0n) is 12.9. The first kappa shape index (κ1) is 15.3. The number of nitrogens with one attached hydrogen (secondary N) is 1. The molecule has 2 heterocycles. The van der Waals surface area contributed by atoms with E-state index in [4.69, 9.17) is 4.74 Å². The standard InChI is InChI=1S/C15H26N2O3/c1-5-10(3)12-14(19)17(11(6-2)13(18)16-12)15(4)7-8-20-9-15/h10-12H,5-9H2,1-4H3,(H,16,18). The van der Waals surface area contributed by atoms with E-state index in [1.54, 1.807) is 0 Å². The molecule has 0 spiro atoms. The monoisotopic (exact) mass is 282 g/mol. The number of hydrogen-bond acceptors (Lipinski definition) is 3. The molecule has 0 aromatic rings. The van der Waals surface area contributed by atoms with Crippen molar-refractivity contribution in [3.8, 4) is 0 Å². The molecule has 2 aliphatic heterocycles. The Morgan fingerprint density at radius 3 is 2.65 bits per heavy atom. The van der Waals surface area contributed by atoms with Crippen molar-refractivity contribution in [1.29, 1.82) is 0 Å². The van der Waals surface area contributed by atoms with Gasteiger partial charge in [0.1, 0.15) is 12.1 Å². The van der Waals surface area contributed by atoms with Crippen molar-refractivity contribution in [3.05, 3.63) is 0 Å². The van der Waals surface area contributed by atoms with Crippen molar-refractivity contribution in [1.82, 2.24) is 10.2 Å². The summed E-state index contributed by atoms with van der Waals surface area (Å²) >= 11 is 0. The van der Waals surface area contributed by atoms with Crippen molar-refractivity contribution >= 4 is 11.8 Å². The molecular weight excluding hydrogens is 256 g/mol. The first-order chi connectivity index (χ1) is 9.44. The molecule has 0 aromatic carbocycles. The maximum atomic E-state index is 12.9. The first-order valence-corrected chi connectivity index (χ1v) is 7.66. The summed E-state index contributed by atoms with van der Waals surface area (Å²) in [6, 6.07) is -0.762. The van der Waals surface area contributed by atoms with Crippen molar-refractivity contribution < 1.29 is 14.3 Å². The predicted octanol–water partition coefficient (Wildman–Crippen LogP) is 1.32. The second kappa shape index (κ2) is 5.72. The third-order valence-electron chi connectivity index (χ3n) is 4.79. The Balaban J connectivity index is 2.32. The summed E-state index contributed by atoms with van der Waals surface area (Å²) in [6.07, 6.45) is 2.31. The molecule has 2 amide bonds. The predicted molar refractivity (Wildman–Crippen MR) is 76.2 cm³/mol. The van der Waals surface area contributed by atoms with Crippen LogP contribution in [0.25, 0.3) is 0 Å². The molecule has 4 atom stereocenters. The van der Waals surface area contributed by atoms with E-state index in [1.165, 1.54) is 0 Å². The zero-order chi connectivity index (χ0) is 14.9. The molecule has 114 valence electrons. The normalized spacial score (nSPS) is 36.1. The van der Waals surface area contributed by atoms with E-state index in [0.717, 1.165) is 12.8 Å². The van der Waals surface area contributed by atoms with Crippen LogP contribution in [-0.4, -0.2) is 47.6 Å². The summed E-state index contributed by atoms with van der Waals surface area (Å²) < 4.78 is 5.49. The molecule has 5 nitrogen and oxygen atoms in total. The topological polar surface area (TPSA) is 58.6 Å². The lowest BCUT2D eigenvalue weighted by Gasteiger charge is -2.48. The molecule has 0 aromatic heterocycles. The average molecular weight is 282 g/mol. The van der Waals surface area contributed by atoms with Crippen LogP contribution in [0.1, 0.15) is 47.0 Å². The fourth-order valence-corrected chi connectivity index (χ4v) is 3.21. The van der Waals surface area contributed by atoms with Gasteiger partial charge in [-0.1, -0.05) is 27.2 Å². The maximum Gasteiger partial charge on any atom is 0.246 e. The van der Waals surface area contributed by atoms with Crippen LogP contribution < -0.4 is 5.32 Å². The van der Waals surface area contributed by atoms with Gasteiger partial charge >= 0.3 is 0 Å². The number of nitrogens with zero attached hydrogens (tertiary/aromatic N) is 1. The molecule has 5 heteroatoms. The Morgan fingerprint density at radius 2 is 2.15 bits per heavy atom. The first-order valence-electron chi connectivity index (χ1n) is 7.66. The van der Waals surface area contributed by atoms with E-state index < -0.39 is 6.04 Å². The number of hydrogen-bond donors (Lipinski definition) is 1. The minimum absolute atomic E-state index is 0.0227. The minimum Gasteiger partial charge on any atom is -0.379 e. The minimum atomic E-state index is -0.396. The van der Waals surface area contributed by atoms with Crippen LogP contribution in [0, 0.1) is 5.92 Å². The van der Waals surface area contributed by atoms with Crippen LogP contribution in [0.3, 0.4) is 0 Å². The summed E-state index contributed by atoms with van der Waals surface area (Å²) in [6.45, 7) is 9.23. The van der Waals surface area contributed by atoms with Crippen molar-refractivity contribution in [3.63, 3.8) is 0 Å². The molecule has 0 saturated carbocycles. The fourth-order valence-electron chi connectivity index (χ4n) is 3.21. The van der Waals surface area contributed by atoms with Crippen LogP contribution in [0.4, 0.5) is 0 Å². The van der Waals surface area contributed by atoms with Gasteiger partial charge in [-0.2, -0.15) is 0 Å². The van der Waals surface area contributed by atoms with Gasteiger partial charge in [0.2, 0.25) is 11.8 Å². The fraction of sp³-hybridized carbons (Fsp3) is 0.867. The molecule has 2 fully saturated rings. The number of carbonyl (C=O) groups excluding carboxylic acids is 2. The molecule has 2 saturated heterocycles. The highest BCUT2D eigenvalue weighted by Crippen LogP contribution is 2.32. The second-order valence-corrected chi connectivity index (χ2v) is 6.30. The van der Waals surface area contributed by atoms with Crippen LogP contribution in [0.5, 0.6) is 0 Å². The van der Waals surface area contributed by atoms with E-state index >= 15 is 0 Å². The lowest BCUT2D eigenvalue weighted by atomic mass is 9.88. The highest BCUT2D eigenvalue weighted by molar-refractivity contribution is 5.97. The van der Waals surface area contributed by atoms with Crippen LogP contribution in [0.15, 0.2) is 0 Å². The smallest absolute Gasteiger partial charge is 0.246 e. The average Bonchev–Trinajstić information content (AvgIpc) is 2.87. The van der Waals surface area contributed by atoms with Gasteiger partial charge in [0, 0.05) is 6.61 Å². The Morgan fingerprint density at radius 1 is 1.45 bits per heavy atom. The van der Waals surface area contributed by atoms with Gasteiger partial charge in [-0.05, 0) is 25.7 Å². The largest absolute Gasteiger partial charge is 0.379 e. The number of carbonyl (C=O) groups is 2. The molecular formula is C15H26N2O3. The zero-order valence-corrected chi connectivity index (χ0v) is 12.9. The lowest BCUT2D eigenvalue weighted by Crippen LogP contribution is -2.70. The molecule has 2 aliphatic rings. The van der Waals surface area contributed by atoms with Crippen molar-refractivity contribution in [2.24, 2.45) is 5.92 Å². The Kier molecular flexibility index (Phi) is 4.37. The summed E-state index contributed by atoms with van der Waals surface area (Å²) in [7, 11) is 0. The van der Waals surface area contributed by atoms with Gasteiger partial charge in [0.25, 0.3) is 0 Å². The molecule has 2 rings (SSSR count). The van der Waals surface area contributed by atoms with E-state index in [2.05, 4.69) is 5.32 Å². The molecule has 4 unspecified atom stereocenters. The van der Waals surface area contributed by atoms with Gasteiger partial charge < -0.3 is 15.0 Å². The van der Waals surface area contributed by atoms with Gasteiger partial charge in [0.15, 0.2) is 0 Å². The van der Waals surface area contributed by atoms with Crippen molar-refractivity contribution in [2.45, 2.75) is 64.6 Å². The SMILES string of the molecule is CCC(C)C1NC(=O)C(CC)N(C2(C)CCOC2)C1=O. The van der Waals surface area contributed by atoms with Crippen LogP contribution >= 0.6 is 0 Å². The summed E-state index contributed by atoms with van der Waals surface area (Å²) in [5.41, 5.74) is -0.346. The Labute approximate surface area is 121 Å². The van der Waals surface area contributed by atoms with Crippen LogP contribution in [-0.2, 0) is 14.3 Å². The number of piperazine rings is 1. The molecule has 1 N–H and O–H groups in total. The van der Waals surface area contributed by atoms with Crippen molar-refractivity contribution in [2.75, 3.05) is 13.2 Å². The molecule has 20 heavy (non-hydrogen) atoms. The van der Waals surface area contributed by atoms with Crippen LogP contribution in [0.2, 0.25) is 0 Å². The second-order valence-electron chi connectivity index (χ2n) is 6.30. The van der Waals surface area contributed by atoms with Gasteiger partial charge in [-0.3, -0.25) is 9.59 Å². The van der Waals surface area contributed by atoms with Gasteiger partial charge in [-0.25, -0.2) is 0 Å². The van der Waals surface area contributed by atoms with Gasteiger partial charge in [-0.15, -0.1) is 0 Å². The number of rotatable bonds is 4. The highest BCUT2D eigenvalue weighted by atomic mass is 16.5. The summed E-state index contributed by atoms with van der Waals surface area (Å²) in [5.74, 6) is 0.182. The summed E-state index contributed by atoms with van der Waals surface area (Å²) in [5, 5.41) is 2.92. The highest BCUT2D eigenvalue weighted by Gasteiger charge is 2.50. The number of amides is 2. The lowest BCUT2D eigenvalue weighted by molar-refractivity contribution is -0.158. The molecule has 0 aliphatic carbocycles. The molecule has 0 bridgehead atoms. The van der Waals surface area contributed by atoms with E-state index in [9.17, 15) is 9.59 Å². The van der Waals surface area contributed by atoms with E-state index in [0.29, 0.717) is 19.6 Å². The Hall–Kier alpha value is -1.10. The third kappa shape index (κ3) is 2.43.